The fourth-order valence-corrected chi connectivity index (χ4v) is 2.88. The van der Waals surface area contributed by atoms with Crippen LogP contribution in [0.2, 0.25) is 0 Å². The van der Waals surface area contributed by atoms with Gasteiger partial charge in [-0.3, -0.25) is 24.2 Å². The molecule has 0 unspecified atom stereocenters. The molecule has 0 aliphatic carbocycles. The molecule has 1 aliphatic heterocycles. The smallest absolute Gasteiger partial charge is 0.322 e. The van der Waals surface area contributed by atoms with E-state index in [1.165, 1.54) is 0 Å². The minimum atomic E-state index is -0.823. The Hall–Kier alpha value is -3.48. The Morgan fingerprint density at radius 1 is 0.893 bits per heavy atom. The normalized spacial score (nSPS) is 14.2. The highest BCUT2D eigenvalue weighted by molar-refractivity contribution is 6.44. The quantitative estimate of drug-likeness (QED) is 0.618. The Bertz CT molecular complexity index is 907. The van der Waals surface area contributed by atoms with Gasteiger partial charge in [0.25, 0.3) is 5.91 Å². The maximum absolute atomic E-state index is 12.4. The molecule has 7 heteroatoms. The van der Waals surface area contributed by atoms with E-state index in [1.54, 1.807) is 36.4 Å². The van der Waals surface area contributed by atoms with Crippen molar-refractivity contribution in [1.82, 2.24) is 9.80 Å². The molecule has 1 fully saturated rings. The van der Waals surface area contributed by atoms with E-state index in [0.717, 1.165) is 9.80 Å². The Balaban J connectivity index is 1.67. The minimum Gasteiger partial charge on any atom is -0.322 e. The standard InChI is InChI=1S/C21H21N3O4/c1-14(2)12-23-19(26)20(27)24(21(23)28)13-15-8-10-16(11-9-15)18(25)22-17-6-4-3-5-7-17/h3-11,14H,12-13H2,1-2H3,(H,22,25). The second-order valence-electron chi connectivity index (χ2n) is 7.00. The van der Waals surface area contributed by atoms with Crippen LogP contribution in [0.1, 0.15) is 29.8 Å². The van der Waals surface area contributed by atoms with Crippen molar-refractivity contribution in [3.05, 3.63) is 65.7 Å². The van der Waals surface area contributed by atoms with Gasteiger partial charge in [-0.15, -0.1) is 0 Å². The molecule has 1 heterocycles. The van der Waals surface area contributed by atoms with Gasteiger partial charge in [0.15, 0.2) is 0 Å². The molecule has 144 valence electrons. The van der Waals surface area contributed by atoms with Gasteiger partial charge in [0.2, 0.25) is 0 Å². The lowest BCUT2D eigenvalue weighted by Crippen LogP contribution is -2.35. The van der Waals surface area contributed by atoms with Gasteiger partial charge < -0.3 is 5.32 Å². The number of nitrogens with one attached hydrogen (secondary N) is 1. The summed E-state index contributed by atoms with van der Waals surface area (Å²) in [5.41, 5.74) is 1.79. The molecular weight excluding hydrogens is 358 g/mol. The van der Waals surface area contributed by atoms with Crippen molar-refractivity contribution in [3.8, 4) is 0 Å². The van der Waals surface area contributed by atoms with Crippen LogP contribution in [-0.4, -0.2) is 40.1 Å². The topological polar surface area (TPSA) is 86.8 Å². The van der Waals surface area contributed by atoms with Crippen LogP contribution in [-0.2, 0) is 16.1 Å². The minimum absolute atomic E-state index is 0.0153. The highest BCUT2D eigenvalue weighted by Gasteiger charge is 2.44. The van der Waals surface area contributed by atoms with Gasteiger partial charge in [-0.05, 0) is 35.7 Å². The molecule has 2 aromatic carbocycles. The number of nitrogens with zero attached hydrogens (tertiary/aromatic N) is 2. The number of benzene rings is 2. The molecule has 0 spiro atoms. The lowest BCUT2D eigenvalue weighted by atomic mass is 10.1. The summed E-state index contributed by atoms with van der Waals surface area (Å²) < 4.78 is 0. The predicted molar refractivity (Wildman–Crippen MR) is 103 cm³/mol. The Kier molecular flexibility index (Phi) is 5.54. The van der Waals surface area contributed by atoms with Crippen molar-refractivity contribution in [2.24, 2.45) is 5.92 Å². The maximum atomic E-state index is 12.4. The molecular formula is C21H21N3O4. The average molecular weight is 379 g/mol. The Labute approximate surface area is 162 Å². The summed E-state index contributed by atoms with van der Waals surface area (Å²) in [6.45, 7) is 3.93. The van der Waals surface area contributed by atoms with Crippen LogP contribution in [0.5, 0.6) is 0 Å². The molecule has 0 saturated carbocycles. The molecule has 1 saturated heterocycles. The van der Waals surface area contributed by atoms with E-state index in [2.05, 4.69) is 5.32 Å². The molecule has 1 aliphatic rings. The fourth-order valence-electron chi connectivity index (χ4n) is 2.88. The molecule has 28 heavy (non-hydrogen) atoms. The van der Waals surface area contributed by atoms with E-state index >= 15 is 0 Å². The number of hydrogen-bond acceptors (Lipinski definition) is 4. The van der Waals surface area contributed by atoms with Gasteiger partial charge in [0, 0.05) is 17.8 Å². The van der Waals surface area contributed by atoms with Crippen molar-refractivity contribution in [2.45, 2.75) is 20.4 Å². The Morgan fingerprint density at radius 2 is 1.50 bits per heavy atom. The second-order valence-corrected chi connectivity index (χ2v) is 7.00. The highest BCUT2D eigenvalue weighted by atomic mass is 16.2. The first kappa shape index (κ1) is 19.3. The zero-order chi connectivity index (χ0) is 20.3. The fraction of sp³-hybridized carbons (Fsp3) is 0.238. The van der Waals surface area contributed by atoms with Crippen LogP contribution in [0.4, 0.5) is 10.5 Å². The summed E-state index contributed by atoms with van der Waals surface area (Å²) >= 11 is 0. The molecule has 5 amide bonds. The summed E-state index contributed by atoms with van der Waals surface area (Å²) in [5, 5.41) is 2.79. The number of hydrogen-bond donors (Lipinski definition) is 1. The number of amides is 5. The Morgan fingerprint density at radius 3 is 2.11 bits per heavy atom. The second kappa shape index (κ2) is 8.04. The first-order chi connectivity index (χ1) is 13.4. The van der Waals surface area contributed by atoms with Crippen LogP contribution in [0.25, 0.3) is 0 Å². The largest absolute Gasteiger partial charge is 0.334 e. The number of urea groups is 1. The molecule has 0 aromatic heterocycles. The van der Waals surface area contributed by atoms with Crippen molar-refractivity contribution in [1.29, 1.82) is 0 Å². The van der Waals surface area contributed by atoms with Gasteiger partial charge in [-0.25, -0.2) is 4.79 Å². The summed E-state index contributed by atoms with van der Waals surface area (Å²) in [5.74, 6) is -1.80. The van der Waals surface area contributed by atoms with Crippen LogP contribution in [0.3, 0.4) is 0 Å². The van der Waals surface area contributed by atoms with Crippen molar-refractivity contribution in [3.63, 3.8) is 0 Å². The summed E-state index contributed by atoms with van der Waals surface area (Å²) in [4.78, 5) is 50.8. The van der Waals surface area contributed by atoms with Crippen LogP contribution >= 0.6 is 0 Å². The van der Waals surface area contributed by atoms with Crippen molar-refractivity contribution in [2.75, 3.05) is 11.9 Å². The lowest BCUT2D eigenvalue weighted by molar-refractivity contribution is -0.143. The molecule has 7 nitrogen and oxygen atoms in total. The van der Waals surface area contributed by atoms with E-state index in [4.69, 9.17) is 0 Å². The van der Waals surface area contributed by atoms with Gasteiger partial charge in [-0.2, -0.15) is 0 Å². The van der Waals surface area contributed by atoms with Crippen LogP contribution < -0.4 is 5.32 Å². The molecule has 0 atom stereocenters. The van der Waals surface area contributed by atoms with E-state index < -0.39 is 17.8 Å². The summed E-state index contributed by atoms with van der Waals surface area (Å²) in [6.07, 6.45) is 0. The zero-order valence-corrected chi connectivity index (χ0v) is 15.7. The molecule has 0 radical (unpaired) electrons. The molecule has 2 aromatic rings. The number of imide groups is 2. The predicted octanol–water partition coefficient (Wildman–Crippen LogP) is 2.89. The summed E-state index contributed by atoms with van der Waals surface area (Å²) in [6, 6.07) is 15.0. The number of carbonyl (C=O) groups excluding carboxylic acids is 4. The van der Waals surface area contributed by atoms with Gasteiger partial charge in [0.05, 0.1) is 6.54 Å². The molecule has 0 bridgehead atoms. The van der Waals surface area contributed by atoms with Crippen LogP contribution in [0, 0.1) is 5.92 Å². The highest BCUT2D eigenvalue weighted by Crippen LogP contribution is 2.18. The van der Waals surface area contributed by atoms with E-state index in [0.29, 0.717) is 16.8 Å². The SMILES string of the molecule is CC(C)CN1C(=O)C(=O)N(Cc2ccc(C(=O)Nc3ccccc3)cc2)C1=O. The zero-order valence-electron chi connectivity index (χ0n) is 15.7. The number of para-hydroxylation sites is 1. The van der Waals surface area contributed by atoms with Crippen molar-refractivity contribution < 1.29 is 19.2 Å². The van der Waals surface area contributed by atoms with Crippen molar-refractivity contribution >= 4 is 29.4 Å². The van der Waals surface area contributed by atoms with Crippen LogP contribution in [0.15, 0.2) is 54.6 Å². The van der Waals surface area contributed by atoms with Gasteiger partial charge in [0.1, 0.15) is 0 Å². The van der Waals surface area contributed by atoms with Gasteiger partial charge >= 0.3 is 17.8 Å². The van der Waals surface area contributed by atoms with E-state index in [9.17, 15) is 19.2 Å². The third-order valence-corrected chi connectivity index (χ3v) is 4.27. The average Bonchev–Trinajstić information content (AvgIpc) is 2.87. The molecule has 3 rings (SSSR count). The van der Waals surface area contributed by atoms with Gasteiger partial charge in [-0.1, -0.05) is 44.2 Å². The first-order valence-electron chi connectivity index (χ1n) is 8.99. The summed E-state index contributed by atoms with van der Waals surface area (Å²) in [7, 11) is 0. The first-order valence-corrected chi connectivity index (χ1v) is 8.99. The lowest BCUT2D eigenvalue weighted by Gasteiger charge is -2.17. The third kappa shape index (κ3) is 4.09. The number of rotatable bonds is 6. The van der Waals surface area contributed by atoms with E-state index in [1.807, 2.05) is 32.0 Å². The third-order valence-electron chi connectivity index (χ3n) is 4.27. The van der Waals surface area contributed by atoms with E-state index in [-0.39, 0.29) is 24.9 Å². The number of anilines is 1. The molecule has 1 N–H and O–H groups in total. The number of carbonyl (C=O) groups is 4. The monoisotopic (exact) mass is 379 g/mol. The maximum Gasteiger partial charge on any atom is 0.334 e.